The fourth-order valence-electron chi connectivity index (χ4n) is 1.15. The summed E-state index contributed by atoms with van der Waals surface area (Å²) >= 11 is 0. The minimum absolute atomic E-state index is 0.653. The van der Waals surface area contributed by atoms with Gasteiger partial charge in [0.15, 0.2) is 0 Å². The topological polar surface area (TPSA) is 12.0 Å². The van der Waals surface area contributed by atoms with Crippen molar-refractivity contribution in [1.29, 1.82) is 0 Å². The molecular weight excluding hydrogens is 158 g/mol. The van der Waals surface area contributed by atoms with Crippen LogP contribution in [0.15, 0.2) is 37.1 Å². The third kappa shape index (κ3) is 4.56. The molecule has 1 nitrogen and oxygen atoms in total. The van der Waals surface area contributed by atoms with E-state index in [4.69, 9.17) is 0 Å². The average Bonchev–Trinajstić information content (AvgIpc) is 2.47. The van der Waals surface area contributed by atoms with Gasteiger partial charge in [0.25, 0.3) is 0 Å². The smallest absolute Gasteiger partial charge is 0.0290 e. The third-order valence-corrected chi connectivity index (χ3v) is 2.21. The second-order valence-electron chi connectivity index (χ2n) is 3.31. The van der Waals surface area contributed by atoms with Crippen molar-refractivity contribution in [3.8, 4) is 0 Å². The molecule has 1 rings (SSSR count). The molecule has 0 aromatic carbocycles. The van der Waals surface area contributed by atoms with Gasteiger partial charge >= 0.3 is 0 Å². The molecule has 0 saturated heterocycles. The van der Waals surface area contributed by atoms with E-state index in [0.29, 0.717) is 6.04 Å². The van der Waals surface area contributed by atoms with E-state index in [1.807, 2.05) is 0 Å². The van der Waals surface area contributed by atoms with Crippen LogP contribution in [0.25, 0.3) is 0 Å². The van der Waals surface area contributed by atoms with Crippen LogP contribution in [-0.2, 0) is 0 Å². The highest BCUT2D eigenvalue weighted by Crippen LogP contribution is 2.16. The maximum atomic E-state index is 3.41. The Morgan fingerprint density at radius 3 is 2.08 bits per heavy atom. The maximum Gasteiger partial charge on any atom is 0.0290 e. The molecule has 0 saturated carbocycles. The number of hydrogen-bond acceptors (Lipinski definition) is 1. The fourth-order valence-corrected chi connectivity index (χ4v) is 1.15. The summed E-state index contributed by atoms with van der Waals surface area (Å²) < 4.78 is 0. The van der Waals surface area contributed by atoms with Gasteiger partial charge in [-0.2, -0.15) is 0 Å². The number of allylic oxidation sites excluding steroid dienone is 3. The van der Waals surface area contributed by atoms with Gasteiger partial charge in [0, 0.05) is 11.7 Å². The SMILES string of the molecule is C=CC=C.CCC1=CC(C)C(C)N1. The van der Waals surface area contributed by atoms with Crippen LogP contribution in [0.5, 0.6) is 0 Å². The molecule has 0 fully saturated rings. The predicted molar refractivity (Wildman–Crippen MR) is 60.5 cm³/mol. The van der Waals surface area contributed by atoms with E-state index in [0.717, 1.165) is 12.3 Å². The van der Waals surface area contributed by atoms with E-state index in [9.17, 15) is 0 Å². The van der Waals surface area contributed by atoms with E-state index in [2.05, 4.69) is 45.3 Å². The van der Waals surface area contributed by atoms with Gasteiger partial charge in [-0.3, -0.25) is 0 Å². The highest BCUT2D eigenvalue weighted by Gasteiger charge is 2.16. The quantitative estimate of drug-likeness (QED) is 0.641. The second kappa shape index (κ2) is 6.53. The van der Waals surface area contributed by atoms with Crippen LogP contribution in [0, 0.1) is 5.92 Å². The Kier molecular flexibility index (Phi) is 6.03. The minimum Gasteiger partial charge on any atom is -0.386 e. The second-order valence-corrected chi connectivity index (χ2v) is 3.31. The van der Waals surface area contributed by atoms with E-state index >= 15 is 0 Å². The van der Waals surface area contributed by atoms with Crippen LogP contribution in [0.3, 0.4) is 0 Å². The van der Waals surface area contributed by atoms with Crippen molar-refractivity contribution in [1.82, 2.24) is 5.32 Å². The summed E-state index contributed by atoms with van der Waals surface area (Å²) in [4.78, 5) is 0. The van der Waals surface area contributed by atoms with Crippen LogP contribution < -0.4 is 5.32 Å². The molecule has 0 aromatic rings. The fraction of sp³-hybridized carbons (Fsp3) is 0.500. The van der Waals surface area contributed by atoms with E-state index in [-0.39, 0.29) is 0 Å². The lowest BCUT2D eigenvalue weighted by Gasteiger charge is -2.09. The molecule has 2 unspecified atom stereocenters. The van der Waals surface area contributed by atoms with Gasteiger partial charge in [-0.15, -0.1) is 0 Å². The lowest BCUT2D eigenvalue weighted by Crippen LogP contribution is -2.22. The van der Waals surface area contributed by atoms with Crippen molar-refractivity contribution >= 4 is 0 Å². The Bertz CT molecular complexity index is 185. The summed E-state index contributed by atoms with van der Waals surface area (Å²) in [6, 6.07) is 0.653. The number of hydrogen-bond donors (Lipinski definition) is 1. The zero-order valence-electron chi connectivity index (χ0n) is 9.01. The van der Waals surface area contributed by atoms with Gasteiger partial charge in [-0.05, 0) is 19.3 Å². The van der Waals surface area contributed by atoms with Crippen molar-refractivity contribution in [2.24, 2.45) is 5.92 Å². The first kappa shape index (κ1) is 12.0. The molecule has 74 valence electrons. The molecule has 1 aliphatic rings. The zero-order valence-corrected chi connectivity index (χ0v) is 9.01. The van der Waals surface area contributed by atoms with Crippen molar-refractivity contribution in [3.05, 3.63) is 37.1 Å². The molecule has 2 atom stereocenters. The van der Waals surface area contributed by atoms with Gasteiger partial charge in [0.05, 0.1) is 0 Å². The Balaban J connectivity index is 0.000000310. The lowest BCUT2D eigenvalue weighted by molar-refractivity contribution is 0.545. The van der Waals surface area contributed by atoms with Crippen LogP contribution in [0.2, 0.25) is 0 Å². The van der Waals surface area contributed by atoms with Gasteiger partial charge < -0.3 is 5.32 Å². The highest BCUT2D eigenvalue weighted by molar-refractivity contribution is 5.10. The molecule has 1 heteroatoms. The van der Waals surface area contributed by atoms with Gasteiger partial charge in [0.1, 0.15) is 0 Å². The monoisotopic (exact) mass is 179 g/mol. The van der Waals surface area contributed by atoms with Crippen molar-refractivity contribution in [2.75, 3.05) is 0 Å². The molecule has 0 amide bonds. The van der Waals surface area contributed by atoms with Crippen molar-refractivity contribution in [3.63, 3.8) is 0 Å². The van der Waals surface area contributed by atoms with Crippen LogP contribution in [0.1, 0.15) is 27.2 Å². The first-order valence-electron chi connectivity index (χ1n) is 4.86. The lowest BCUT2D eigenvalue weighted by atomic mass is 10.1. The molecule has 0 spiro atoms. The average molecular weight is 179 g/mol. The molecule has 1 N–H and O–H groups in total. The molecule has 1 heterocycles. The Labute approximate surface area is 82.2 Å². The normalized spacial score (nSPS) is 25.0. The van der Waals surface area contributed by atoms with Crippen molar-refractivity contribution in [2.45, 2.75) is 33.2 Å². The summed E-state index contributed by atoms with van der Waals surface area (Å²) in [6.45, 7) is 13.4. The van der Waals surface area contributed by atoms with Gasteiger partial charge in [0.2, 0.25) is 0 Å². The molecular formula is C12H21N. The first-order chi connectivity index (χ1) is 6.15. The Hall–Kier alpha value is -0.980. The van der Waals surface area contributed by atoms with Crippen molar-refractivity contribution < 1.29 is 0 Å². The maximum absolute atomic E-state index is 3.41. The molecule has 1 aliphatic heterocycles. The van der Waals surface area contributed by atoms with E-state index in [1.54, 1.807) is 12.2 Å². The molecule has 13 heavy (non-hydrogen) atoms. The molecule has 0 bridgehead atoms. The van der Waals surface area contributed by atoms with Crippen LogP contribution >= 0.6 is 0 Å². The summed E-state index contributed by atoms with van der Waals surface area (Å²) in [5.41, 5.74) is 1.41. The largest absolute Gasteiger partial charge is 0.386 e. The zero-order chi connectivity index (χ0) is 10.3. The Morgan fingerprint density at radius 2 is 1.92 bits per heavy atom. The van der Waals surface area contributed by atoms with Gasteiger partial charge in [-0.25, -0.2) is 0 Å². The summed E-state index contributed by atoms with van der Waals surface area (Å²) in [7, 11) is 0. The first-order valence-corrected chi connectivity index (χ1v) is 4.86. The number of nitrogens with one attached hydrogen (secondary N) is 1. The van der Waals surface area contributed by atoms with E-state index in [1.165, 1.54) is 5.70 Å². The molecule has 0 radical (unpaired) electrons. The Morgan fingerprint density at radius 1 is 1.38 bits per heavy atom. The molecule has 0 aromatic heterocycles. The third-order valence-electron chi connectivity index (χ3n) is 2.21. The standard InChI is InChI=1S/C8H15N.C4H6/c1-4-8-5-6(2)7(3)9-8;1-3-4-2/h5-7,9H,4H2,1-3H3;3-4H,1-2H2. The summed E-state index contributed by atoms with van der Waals surface area (Å²) in [5, 5.41) is 3.41. The predicted octanol–water partition coefficient (Wildman–Crippen LogP) is 3.27. The van der Waals surface area contributed by atoms with Crippen LogP contribution in [0.4, 0.5) is 0 Å². The van der Waals surface area contributed by atoms with Gasteiger partial charge in [-0.1, -0.05) is 45.2 Å². The highest BCUT2D eigenvalue weighted by atomic mass is 14.9. The van der Waals surface area contributed by atoms with E-state index < -0.39 is 0 Å². The minimum atomic E-state index is 0.653. The summed E-state index contributed by atoms with van der Waals surface area (Å²) in [6.07, 6.45) is 6.75. The van der Waals surface area contributed by atoms with Crippen LogP contribution in [-0.4, -0.2) is 6.04 Å². The number of rotatable bonds is 2. The molecule has 0 aliphatic carbocycles. The summed E-state index contributed by atoms with van der Waals surface area (Å²) in [5.74, 6) is 0.722.